The number of carbonyl (C=O) groups is 1. The highest BCUT2D eigenvalue weighted by Crippen LogP contribution is 2.41. The Kier molecular flexibility index (Phi) is 7.06. The number of furan rings is 1. The highest BCUT2D eigenvalue weighted by atomic mass is 16.5. The summed E-state index contributed by atoms with van der Waals surface area (Å²) in [4.78, 5) is 12.7. The fourth-order valence-electron chi connectivity index (χ4n) is 3.44. The zero-order chi connectivity index (χ0) is 23.8. The maximum Gasteiger partial charge on any atom is 0.264 e. The van der Waals surface area contributed by atoms with E-state index in [1.165, 1.54) is 0 Å². The molecule has 0 aliphatic carbocycles. The zero-order valence-corrected chi connectivity index (χ0v) is 18.4. The Bertz CT molecular complexity index is 1320. The quantitative estimate of drug-likeness (QED) is 0.313. The fraction of sp³-hybridized carbons (Fsp3) is 0.0714. The van der Waals surface area contributed by atoms with Gasteiger partial charge in [0.15, 0.2) is 18.1 Å². The van der Waals surface area contributed by atoms with Crippen molar-refractivity contribution in [2.24, 2.45) is 0 Å². The fourth-order valence-corrected chi connectivity index (χ4v) is 3.44. The van der Waals surface area contributed by atoms with Gasteiger partial charge in [0.2, 0.25) is 5.88 Å². The molecule has 168 valence electrons. The van der Waals surface area contributed by atoms with Gasteiger partial charge in [0.25, 0.3) is 5.91 Å². The van der Waals surface area contributed by atoms with Crippen LogP contribution in [0, 0.1) is 11.3 Å². The minimum Gasteiger partial charge on any atom is -0.486 e. The van der Waals surface area contributed by atoms with Crippen molar-refractivity contribution in [3.8, 4) is 40.0 Å². The van der Waals surface area contributed by atoms with Gasteiger partial charge >= 0.3 is 0 Å². The highest BCUT2D eigenvalue weighted by molar-refractivity contribution is 5.96. The SMILES string of the molecule is C=CCOc1ccccc1OCC(=O)Nc1oc(-c2ccccc2)c(-c2ccccc2)c1C#N. The number of ether oxygens (including phenoxy) is 2. The second-order valence-electron chi connectivity index (χ2n) is 7.24. The van der Waals surface area contributed by atoms with E-state index in [1.54, 1.807) is 24.3 Å². The molecular formula is C28H22N2O4. The third-order valence-corrected chi connectivity index (χ3v) is 4.94. The van der Waals surface area contributed by atoms with Crippen LogP contribution in [0.3, 0.4) is 0 Å². The van der Waals surface area contributed by atoms with E-state index in [4.69, 9.17) is 13.9 Å². The number of nitrogens with one attached hydrogen (secondary N) is 1. The van der Waals surface area contributed by atoms with E-state index in [1.807, 2.05) is 66.7 Å². The normalized spacial score (nSPS) is 10.2. The van der Waals surface area contributed by atoms with Crippen LogP contribution in [0.4, 0.5) is 5.88 Å². The van der Waals surface area contributed by atoms with E-state index in [0.717, 1.165) is 11.1 Å². The molecule has 1 amide bonds. The number of carbonyl (C=O) groups excluding carboxylic acids is 1. The first-order valence-corrected chi connectivity index (χ1v) is 10.6. The van der Waals surface area contributed by atoms with Crippen LogP contribution >= 0.6 is 0 Å². The lowest BCUT2D eigenvalue weighted by Gasteiger charge is -2.11. The van der Waals surface area contributed by atoms with Crippen LogP contribution in [-0.4, -0.2) is 19.1 Å². The number of para-hydroxylation sites is 2. The van der Waals surface area contributed by atoms with E-state index in [0.29, 0.717) is 29.4 Å². The lowest BCUT2D eigenvalue weighted by atomic mass is 9.98. The van der Waals surface area contributed by atoms with Crippen molar-refractivity contribution in [1.29, 1.82) is 5.26 Å². The highest BCUT2D eigenvalue weighted by Gasteiger charge is 2.24. The summed E-state index contributed by atoms with van der Waals surface area (Å²) in [5.41, 5.74) is 2.47. The van der Waals surface area contributed by atoms with E-state index in [-0.39, 0.29) is 18.1 Å². The number of hydrogen-bond donors (Lipinski definition) is 1. The monoisotopic (exact) mass is 450 g/mol. The van der Waals surface area contributed by atoms with Crippen LogP contribution in [0.5, 0.6) is 11.5 Å². The molecule has 0 aliphatic rings. The maximum atomic E-state index is 12.7. The molecule has 0 unspecified atom stereocenters. The van der Waals surface area contributed by atoms with Crippen LogP contribution < -0.4 is 14.8 Å². The van der Waals surface area contributed by atoms with Crippen molar-refractivity contribution in [3.05, 3.63) is 103 Å². The Balaban J connectivity index is 1.60. The molecule has 34 heavy (non-hydrogen) atoms. The van der Waals surface area contributed by atoms with E-state index < -0.39 is 5.91 Å². The summed E-state index contributed by atoms with van der Waals surface area (Å²) < 4.78 is 17.2. The molecule has 0 saturated carbocycles. The standard InChI is InChI=1S/C28H22N2O4/c1-2-17-32-23-15-9-10-16-24(23)33-19-25(31)30-28-22(18-29)26(20-11-5-3-6-12-20)27(34-28)21-13-7-4-8-14-21/h2-16H,1,17,19H2,(H,30,31). The number of nitrogens with zero attached hydrogens (tertiary/aromatic N) is 1. The molecule has 0 bridgehead atoms. The number of anilines is 1. The second kappa shape index (κ2) is 10.7. The van der Waals surface area contributed by atoms with E-state index in [9.17, 15) is 10.1 Å². The van der Waals surface area contributed by atoms with Crippen molar-refractivity contribution < 1.29 is 18.7 Å². The third kappa shape index (κ3) is 5.00. The Hall–Kier alpha value is -4.76. The van der Waals surface area contributed by atoms with Gasteiger partial charge < -0.3 is 13.9 Å². The van der Waals surface area contributed by atoms with Gasteiger partial charge in [-0.25, -0.2) is 0 Å². The first-order valence-electron chi connectivity index (χ1n) is 10.6. The summed E-state index contributed by atoms with van der Waals surface area (Å²) in [6.07, 6.45) is 1.62. The maximum absolute atomic E-state index is 12.7. The predicted octanol–water partition coefficient (Wildman–Crippen LogP) is 6.07. The number of amides is 1. The number of nitriles is 1. The van der Waals surface area contributed by atoms with Crippen LogP contribution in [0.1, 0.15) is 5.56 Å². The molecule has 0 radical (unpaired) electrons. The Labute approximate surface area is 197 Å². The van der Waals surface area contributed by atoms with Gasteiger partial charge in [-0.1, -0.05) is 85.5 Å². The number of hydrogen-bond acceptors (Lipinski definition) is 5. The molecule has 3 aromatic carbocycles. The summed E-state index contributed by atoms with van der Waals surface area (Å²) in [7, 11) is 0. The molecule has 0 saturated heterocycles. The summed E-state index contributed by atoms with van der Waals surface area (Å²) in [5, 5.41) is 12.6. The summed E-state index contributed by atoms with van der Waals surface area (Å²) >= 11 is 0. The summed E-state index contributed by atoms with van der Waals surface area (Å²) in [5.74, 6) is 1.04. The van der Waals surface area contributed by atoms with Crippen molar-refractivity contribution in [1.82, 2.24) is 0 Å². The zero-order valence-electron chi connectivity index (χ0n) is 18.4. The molecule has 1 heterocycles. The Morgan fingerprint density at radius 1 is 0.912 bits per heavy atom. The average molecular weight is 450 g/mol. The van der Waals surface area contributed by atoms with Gasteiger partial charge in [0.05, 0.1) is 0 Å². The molecule has 1 N–H and O–H groups in total. The molecule has 0 atom stereocenters. The minimum atomic E-state index is -0.469. The molecule has 4 aromatic rings. The van der Waals surface area contributed by atoms with E-state index >= 15 is 0 Å². The smallest absolute Gasteiger partial charge is 0.264 e. The van der Waals surface area contributed by atoms with Gasteiger partial charge in [-0.05, 0) is 17.7 Å². The molecule has 1 aromatic heterocycles. The first kappa shape index (κ1) is 22.4. The molecule has 0 aliphatic heterocycles. The predicted molar refractivity (Wildman–Crippen MR) is 131 cm³/mol. The molecule has 6 heteroatoms. The van der Waals surface area contributed by atoms with Crippen molar-refractivity contribution in [3.63, 3.8) is 0 Å². The van der Waals surface area contributed by atoms with Crippen LogP contribution in [0.15, 0.2) is 102 Å². The van der Waals surface area contributed by atoms with Gasteiger partial charge in [0, 0.05) is 11.1 Å². The largest absolute Gasteiger partial charge is 0.486 e. The van der Waals surface area contributed by atoms with Gasteiger partial charge in [-0.2, -0.15) is 5.26 Å². The van der Waals surface area contributed by atoms with Gasteiger partial charge in [0.1, 0.15) is 24.0 Å². The van der Waals surface area contributed by atoms with Crippen LogP contribution in [0.2, 0.25) is 0 Å². The third-order valence-electron chi connectivity index (χ3n) is 4.94. The Morgan fingerprint density at radius 3 is 2.12 bits per heavy atom. The van der Waals surface area contributed by atoms with Crippen molar-refractivity contribution >= 4 is 11.8 Å². The number of benzene rings is 3. The minimum absolute atomic E-state index is 0.0741. The van der Waals surface area contributed by atoms with Crippen LogP contribution in [-0.2, 0) is 4.79 Å². The van der Waals surface area contributed by atoms with Gasteiger partial charge in [-0.15, -0.1) is 0 Å². The second-order valence-corrected chi connectivity index (χ2v) is 7.24. The molecule has 0 spiro atoms. The first-order chi connectivity index (χ1) is 16.7. The number of rotatable bonds is 9. The molecule has 0 fully saturated rings. The van der Waals surface area contributed by atoms with Gasteiger partial charge in [-0.3, -0.25) is 10.1 Å². The van der Waals surface area contributed by atoms with Crippen LogP contribution in [0.25, 0.3) is 22.5 Å². The average Bonchev–Trinajstić information content (AvgIpc) is 3.25. The lowest BCUT2D eigenvalue weighted by Crippen LogP contribution is -2.20. The van der Waals surface area contributed by atoms with Crippen molar-refractivity contribution in [2.75, 3.05) is 18.5 Å². The summed E-state index contributed by atoms with van der Waals surface area (Å²) in [6.45, 7) is 3.65. The summed E-state index contributed by atoms with van der Waals surface area (Å²) in [6, 6.07) is 28.1. The van der Waals surface area contributed by atoms with E-state index in [2.05, 4.69) is 18.0 Å². The lowest BCUT2D eigenvalue weighted by molar-refractivity contribution is -0.118. The van der Waals surface area contributed by atoms with Crippen molar-refractivity contribution in [2.45, 2.75) is 0 Å². The molecule has 4 rings (SSSR count). The topological polar surface area (TPSA) is 84.5 Å². The molecular weight excluding hydrogens is 428 g/mol. The Morgan fingerprint density at radius 2 is 1.50 bits per heavy atom. The molecule has 6 nitrogen and oxygen atoms in total.